The third-order valence-electron chi connectivity index (χ3n) is 4.19. The molecule has 0 bridgehead atoms. The van der Waals surface area contributed by atoms with E-state index in [1.165, 1.54) is 28.6 Å². The molecule has 1 aromatic heterocycles. The van der Waals surface area contributed by atoms with Crippen molar-refractivity contribution in [1.29, 1.82) is 0 Å². The topological polar surface area (TPSA) is 124 Å². The molecule has 1 aromatic carbocycles. The molecule has 1 amide bonds. The normalized spacial score (nSPS) is 15.8. The number of carboxylic acids is 1. The molecule has 26 heavy (non-hydrogen) atoms. The number of carbonyl (C=O) groups excluding carboxylic acids is 1. The number of aryl methyl sites for hydroxylation is 1. The van der Waals surface area contributed by atoms with Crippen molar-refractivity contribution in [3.63, 3.8) is 0 Å². The highest BCUT2D eigenvalue weighted by Crippen LogP contribution is 2.19. The maximum Gasteiger partial charge on any atom is 0.335 e. The van der Waals surface area contributed by atoms with Crippen molar-refractivity contribution in [1.82, 2.24) is 19.4 Å². The van der Waals surface area contributed by atoms with Crippen molar-refractivity contribution in [2.75, 3.05) is 26.2 Å². The average molecular weight is 378 g/mol. The van der Waals surface area contributed by atoms with Crippen LogP contribution in [0.15, 0.2) is 35.2 Å². The lowest BCUT2D eigenvalue weighted by atomic mass is 10.2. The first-order chi connectivity index (χ1) is 12.3. The molecule has 2 heterocycles. The zero-order valence-electron chi connectivity index (χ0n) is 14.0. The fourth-order valence-corrected chi connectivity index (χ4v) is 4.16. The second-order valence-corrected chi connectivity index (χ2v) is 7.90. The number of rotatable bonds is 4. The van der Waals surface area contributed by atoms with Gasteiger partial charge in [-0.25, -0.2) is 13.2 Å². The number of benzene rings is 1. The van der Waals surface area contributed by atoms with Gasteiger partial charge in [0.25, 0.3) is 5.91 Å². The van der Waals surface area contributed by atoms with Gasteiger partial charge in [-0.2, -0.15) is 9.40 Å². The minimum absolute atomic E-state index is 0.0219. The van der Waals surface area contributed by atoms with Crippen LogP contribution in [0.25, 0.3) is 0 Å². The number of aromatic carboxylic acids is 1. The summed E-state index contributed by atoms with van der Waals surface area (Å²) < 4.78 is 26.6. The molecular formula is C16H18N4O5S. The first-order valence-electron chi connectivity index (χ1n) is 7.94. The molecule has 10 heteroatoms. The molecule has 3 rings (SSSR count). The molecule has 1 saturated heterocycles. The highest BCUT2D eigenvalue weighted by Gasteiger charge is 2.31. The molecule has 0 aliphatic carbocycles. The van der Waals surface area contributed by atoms with Gasteiger partial charge in [0.2, 0.25) is 10.0 Å². The van der Waals surface area contributed by atoms with Gasteiger partial charge in [0.05, 0.1) is 10.5 Å². The molecule has 1 fully saturated rings. The molecule has 0 spiro atoms. The van der Waals surface area contributed by atoms with Gasteiger partial charge >= 0.3 is 5.97 Å². The number of H-pyrrole nitrogens is 1. The number of aromatic amines is 1. The van der Waals surface area contributed by atoms with E-state index in [0.717, 1.165) is 5.69 Å². The molecule has 1 aliphatic rings. The van der Waals surface area contributed by atoms with Crippen molar-refractivity contribution in [3.05, 3.63) is 47.3 Å². The lowest BCUT2D eigenvalue weighted by Crippen LogP contribution is -2.50. The second-order valence-electron chi connectivity index (χ2n) is 5.96. The van der Waals surface area contributed by atoms with Crippen LogP contribution in [-0.2, 0) is 10.0 Å². The van der Waals surface area contributed by atoms with Gasteiger partial charge in [0.1, 0.15) is 5.69 Å². The molecular weight excluding hydrogens is 360 g/mol. The Labute approximate surface area is 150 Å². The third-order valence-corrected chi connectivity index (χ3v) is 6.10. The van der Waals surface area contributed by atoms with Gasteiger partial charge in [0.15, 0.2) is 0 Å². The van der Waals surface area contributed by atoms with Crippen LogP contribution in [0, 0.1) is 6.92 Å². The molecule has 2 aromatic rings. The maximum atomic E-state index is 12.7. The number of hydrogen-bond acceptors (Lipinski definition) is 5. The number of amides is 1. The van der Waals surface area contributed by atoms with E-state index in [1.54, 1.807) is 17.9 Å². The number of carboxylic acid groups (broad SMARTS) is 1. The molecule has 0 unspecified atom stereocenters. The van der Waals surface area contributed by atoms with E-state index in [4.69, 9.17) is 5.11 Å². The zero-order chi connectivity index (χ0) is 18.9. The minimum Gasteiger partial charge on any atom is -0.478 e. The Balaban J connectivity index is 1.68. The van der Waals surface area contributed by atoms with E-state index < -0.39 is 16.0 Å². The van der Waals surface area contributed by atoms with E-state index in [-0.39, 0.29) is 42.5 Å². The van der Waals surface area contributed by atoms with Gasteiger partial charge in [0, 0.05) is 31.9 Å². The minimum atomic E-state index is -3.73. The average Bonchev–Trinajstić information content (AvgIpc) is 3.07. The highest BCUT2D eigenvalue weighted by atomic mass is 32.2. The van der Waals surface area contributed by atoms with Gasteiger partial charge in [-0.15, -0.1) is 0 Å². The van der Waals surface area contributed by atoms with E-state index in [1.807, 2.05) is 0 Å². The summed E-state index contributed by atoms with van der Waals surface area (Å²) in [5.74, 6) is -1.35. The summed E-state index contributed by atoms with van der Waals surface area (Å²) in [4.78, 5) is 24.8. The summed E-state index contributed by atoms with van der Waals surface area (Å²) in [5, 5.41) is 15.5. The molecule has 9 nitrogen and oxygen atoms in total. The van der Waals surface area contributed by atoms with Crippen LogP contribution >= 0.6 is 0 Å². The third kappa shape index (κ3) is 3.46. The lowest BCUT2D eigenvalue weighted by molar-refractivity contribution is 0.0686. The Morgan fingerprint density at radius 2 is 1.73 bits per heavy atom. The Hall–Kier alpha value is -2.72. The van der Waals surface area contributed by atoms with Gasteiger partial charge in [-0.05, 0) is 37.3 Å². The predicted molar refractivity (Wildman–Crippen MR) is 91.4 cm³/mol. The summed E-state index contributed by atoms with van der Waals surface area (Å²) >= 11 is 0. The van der Waals surface area contributed by atoms with Gasteiger partial charge in [-0.1, -0.05) is 0 Å². The van der Waals surface area contributed by atoms with Crippen LogP contribution in [0.5, 0.6) is 0 Å². The number of carbonyl (C=O) groups is 2. The number of hydrogen-bond donors (Lipinski definition) is 2. The van der Waals surface area contributed by atoms with Crippen molar-refractivity contribution < 1.29 is 23.1 Å². The molecule has 0 radical (unpaired) electrons. The summed E-state index contributed by atoms with van der Waals surface area (Å²) in [6.07, 6.45) is 0. The van der Waals surface area contributed by atoms with Gasteiger partial charge < -0.3 is 10.0 Å². The monoisotopic (exact) mass is 378 g/mol. The molecule has 2 N–H and O–H groups in total. The standard InChI is InChI=1S/C16H18N4O5S/c1-11-10-14(18-17-11)15(21)19-6-8-20(9-7-19)26(24,25)13-4-2-12(3-5-13)16(22)23/h2-5,10H,6-9H2,1H3,(H,17,18)(H,22,23). The van der Waals surface area contributed by atoms with Gasteiger partial charge in [-0.3, -0.25) is 9.89 Å². The summed E-state index contributed by atoms with van der Waals surface area (Å²) in [6.45, 7) is 2.65. The summed E-state index contributed by atoms with van der Waals surface area (Å²) in [6, 6.07) is 6.73. The van der Waals surface area contributed by atoms with E-state index in [9.17, 15) is 18.0 Å². The first kappa shape index (κ1) is 18.1. The smallest absolute Gasteiger partial charge is 0.335 e. The maximum absolute atomic E-state index is 12.7. The largest absolute Gasteiger partial charge is 0.478 e. The van der Waals surface area contributed by atoms with E-state index >= 15 is 0 Å². The number of sulfonamides is 1. The fourth-order valence-electron chi connectivity index (χ4n) is 2.74. The number of nitrogens with zero attached hydrogens (tertiary/aromatic N) is 3. The van der Waals surface area contributed by atoms with Crippen LogP contribution in [-0.4, -0.2) is 71.0 Å². The van der Waals surface area contributed by atoms with E-state index in [0.29, 0.717) is 5.69 Å². The van der Waals surface area contributed by atoms with Crippen molar-refractivity contribution in [3.8, 4) is 0 Å². The SMILES string of the molecule is Cc1cc(C(=O)N2CCN(S(=O)(=O)c3ccc(C(=O)O)cc3)CC2)n[nH]1. The van der Waals surface area contributed by atoms with Crippen molar-refractivity contribution in [2.45, 2.75) is 11.8 Å². The highest BCUT2D eigenvalue weighted by molar-refractivity contribution is 7.89. The van der Waals surface area contributed by atoms with E-state index in [2.05, 4.69) is 10.2 Å². The van der Waals surface area contributed by atoms with Crippen LogP contribution in [0.3, 0.4) is 0 Å². The Morgan fingerprint density at radius 3 is 2.23 bits per heavy atom. The van der Waals surface area contributed by atoms with Crippen LogP contribution < -0.4 is 0 Å². The quantitative estimate of drug-likeness (QED) is 0.801. The Bertz CT molecular complexity index is 928. The second kappa shape index (κ2) is 6.89. The fraction of sp³-hybridized carbons (Fsp3) is 0.312. The molecule has 138 valence electrons. The van der Waals surface area contributed by atoms with Crippen LogP contribution in [0.1, 0.15) is 26.5 Å². The molecule has 0 saturated carbocycles. The molecule has 0 atom stereocenters. The molecule has 1 aliphatic heterocycles. The van der Waals surface area contributed by atoms with Crippen molar-refractivity contribution >= 4 is 21.9 Å². The number of piperazine rings is 1. The lowest BCUT2D eigenvalue weighted by Gasteiger charge is -2.33. The first-order valence-corrected chi connectivity index (χ1v) is 9.38. The zero-order valence-corrected chi connectivity index (χ0v) is 14.9. The predicted octanol–water partition coefficient (Wildman–Crippen LogP) is 0.563. The van der Waals surface area contributed by atoms with Crippen LogP contribution in [0.4, 0.5) is 0 Å². The van der Waals surface area contributed by atoms with Crippen molar-refractivity contribution in [2.24, 2.45) is 0 Å². The Morgan fingerprint density at radius 1 is 1.12 bits per heavy atom. The summed E-state index contributed by atoms with van der Waals surface area (Å²) in [5.41, 5.74) is 1.11. The number of aromatic nitrogens is 2. The summed E-state index contributed by atoms with van der Waals surface area (Å²) in [7, 11) is -3.73. The Kier molecular flexibility index (Phi) is 4.79. The van der Waals surface area contributed by atoms with Crippen LogP contribution in [0.2, 0.25) is 0 Å². The number of nitrogens with one attached hydrogen (secondary N) is 1.